The molecule has 0 amide bonds. The molecule has 2 bridgehead atoms. The first-order valence-electron chi connectivity index (χ1n) is 6.32. The summed E-state index contributed by atoms with van der Waals surface area (Å²) in [5.74, 6) is 1.78. The lowest BCUT2D eigenvalue weighted by Crippen LogP contribution is -2.25. The van der Waals surface area contributed by atoms with Gasteiger partial charge in [0.05, 0.1) is 4.88 Å². The van der Waals surface area contributed by atoms with Crippen molar-refractivity contribution in [3.63, 3.8) is 0 Å². The van der Waals surface area contributed by atoms with Crippen LogP contribution in [0.2, 0.25) is 0 Å². The van der Waals surface area contributed by atoms with Crippen LogP contribution in [0.1, 0.15) is 30.6 Å². The van der Waals surface area contributed by atoms with Crippen LogP contribution in [-0.4, -0.2) is 27.8 Å². The average Bonchev–Trinajstić information content (AvgIpc) is 2.96. The van der Waals surface area contributed by atoms with E-state index in [1.807, 2.05) is 0 Å². The van der Waals surface area contributed by atoms with Gasteiger partial charge in [0.1, 0.15) is 0 Å². The molecular weight excluding hydrogens is 236 g/mol. The number of fused-ring (bicyclic) bond motifs is 2. The van der Waals surface area contributed by atoms with Gasteiger partial charge in [0, 0.05) is 19.1 Å². The Bertz CT molecular complexity index is 407. The number of rotatable bonds is 4. The molecule has 2 aliphatic carbocycles. The predicted octanol–water partition coefficient (Wildman–Crippen LogP) is 1.98. The zero-order valence-electron chi connectivity index (χ0n) is 9.72. The first-order valence-corrected chi connectivity index (χ1v) is 7.14. The second kappa shape index (κ2) is 4.46. The lowest BCUT2D eigenvalue weighted by Gasteiger charge is -2.22. The molecule has 17 heavy (non-hydrogen) atoms. The number of hydrogen-bond acceptors (Lipinski definition) is 5. The van der Waals surface area contributed by atoms with Gasteiger partial charge in [-0.05, 0) is 31.1 Å². The highest BCUT2D eigenvalue weighted by molar-refractivity contribution is 7.15. The van der Waals surface area contributed by atoms with Crippen LogP contribution in [0.15, 0.2) is 0 Å². The minimum Gasteiger partial charge on any atom is -0.492 e. The fourth-order valence-corrected chi connectivity index (χ4v) is 4.16. The van der Waals surface area contributed by atoms with Crippen molar-refractivity contribution < 1.29 is 10.2 Å². The van der Waals surface area contributed by atoms with Crippen molar-refractivity contribution in [2.24, 2.45) is 11.8 Å². The van der Waals surface area contributed by atoms with E-state index in [0.29, 0.717) is 12.5 Å². The number of aliphatic hydroxyl groups excluding tert-OH is 1. The van der Waals surface area contributed by atoms with Gasteiger partial charge in [-0.3, -0.25) is 0 Å². The summed E-state index contributed by atoms with van der Waals surface area (Å²) in [6, 6.07) is 0.543. The second-order valence-corrected chi connectivity index (χ2v) is 6.25. The number of nitrogens with zero attached hydrogens (tertiary/aromatic N) is 1. The third kappa shape index (κ3) is 2.13. The molecule has 4 nitrogen and oxygen atoms in total. The van der Waals surface area contributed by atoms with Crippen LogP contribution in [0.5, 0.6) is 5.88 Å². The molecule has 3 rings (SSSR count). The Balaban J connectivity index is 1.67. The fourth-order valence-electron chi connectivity index (χ4n) is 3.25. The summed E-state index contributed by atoms with van der Waals surface area (Å²) in [7, 11) is 0. The van der Waals surface area contributed by atoms with Gasteiger partial charge >= 0.3 is 0 Å². The minimum atomic E-state index is 0.0589. The maximum Gasteiger partial charge on any atom is 0.227 e. The number of hydrogen-bond donors (Lipinski definition) is 3. The van der Waals surface area contributed by atoms with E-state index in [0.717, 1.165) is 21.8 Å². The van der Waals surface area contributed by atoms with E-state index < -0.39 is 0 Å². The Morgan fingerprint density at radius 1 is 1.35 bits per heavy atom. The maximum absolute atomic E-state index is 9.62. The molecule has 5 heteroatoms. The third-order valence-corrected chi connectivity index (χ3v) is 5.10. The quantitative estimate of drug-likeness (QED) is 0.768. The number of aromatic hydroxyl groups is 1. The number of anilines is 1. The van der Waals surface area contributed by atoms with E-state index in [1.54, 1.807) is 0 Å². The summed E-state index contributed by atoms with van der Waals surface area (Å²) < 4.78 is 0. The molecule has 0 spiro atoms. The summed E-state index contributed by atoms with van der Waals surface area (Å²) in [5, 5.41) is 22.8. The van der Waals surface area contributed by atoms with Crippen LogP contribution in [0.25, 0.3) is 0 Å². The van der Waals surface area contributed by atoms with Crippen LogP contribution in [0.4, 0.5) is 5.13 Å². The van der Waals surface area contributed by atoms with E-state index in [9.17, 15) is 5.11 Å². The van der Waals surface area contributed by atoms with Gasteiger partial charge in [-0.2, -0.15) is 4.98 Å². The van der Waals surface area contributed by atoms with Crippen molar-refractivity contribution in [3.05, 3.63) is 4.88 Å². The molecular formula is C12H18N2O2S. The van der Waals surface area contributed by atoms with Gasteiger partial charge in [0.2, 0.25) is 5.88 Å². The smallest absolute Gasteiger partial charge is 0.227 e. The van der Waals surface area contributed by atoms with Crippen molar-refractivity contribution in [2.75, 3.05) is 11.9 Å². The fraction of sp³-hybridized carbons (Fsp3) is 0.750. The van der Waals surface area contributed by atoms with Crippen molar-refractivity contribution in [2.45, 2.75) is 38.1 Å². The molecule has 0 saturated heterocycles. The van der Waals surface area contributed by atoms with E-state index in [1.165, 1.54) is 37.0 Å². The lowest BCUT2D eigenvalue weighted by atomic mass is 9.96. The molecule has 2 aliphatic rings. The highest BCUT2D eigenvalue weighted by atomic mass is 32.1. The van der Waals surface area contributed by atoms with Crippen molar-refractivity contribution in [3.8, 4) is 5.88 Å². The summed E-state index contributed by atoms with van der Waals surface area (Å²) >= 11 is 1.47. The lowest BCUT2D eigenvalue weighted by molar-refractivity contribution is 0.298. The average molecular weight is 254 g/mol. The molecule has 1 aromatic rings. The molecule has 1 aromatic heterocycles. The Hall–Kier alpha value is -0.810. The van der Waals surface area contributed by atoms with Gasteiger partial charge in [-0.25, -0.2) is 0 Å². The van der Waals surface area contributed by atoms with E-state index >= 15 is 0 Å². The van der Waals surface area contributed by atoms with Crippen molar-refractivity contribution in [1.82, 2.24) is 4.98 Å². The van der Waals surface area contributed by atoms with Gasteiger partial charge in [-0.15, -0.1) is 0 Å². The Labute approximate surface area is 105 Å². The molecule has 0 unspecified atom stereocenters. The molecule has 0 aromatic carbocycles. The van der Waals surface area contributed by atoms with Gasteiger partial charge in [0.25, 0.3) is 0 Å². The normalized spacial score (nSPS) is 31.0. The molecule has 1 heterocycles. The van der Waals surface area contributed by atoms with Crippen molar-refractivity contribution >= 4 is 16.5 Å². The maximum atomic E-state index is 9.62. The van der Waals surface area contributed by atoms with Crippen LogP contribution < -0.4 is 5.32 Å². The molecule has 3 N–H and O–H groups in total. The van der Waals surface area contributed by atoms with Gasteiger partial charge in [-0.1, -0.05) is 17.8 Å². The number of nitrogens with one attached hydrogen (secondary N) is 1. The first-order chi connectivity index (χ1) is 8.26. The van der Waals surface area contributed by atoms with Crippen LogP contribution in [0, 0.1) is 11.8 Å². The zero-order chi connectivity index (χ0) is 11.8. The predicted molar refractivity (Wildman–Crippen MR) is 67.4 cm³/mol. The third-order valence-electron chi connectivity index (χ3n) is 4.06. The van der Waals surface area contributed by atoms with E-state index in [2.05, 4.69) is 10.3 Å². The van der Waals surface area contributed by atoms with E-state index in [-0.39, 0.29) is 12.5 Å². The number of aromatic nitrogens is 1. The summed E-state index contributed by atoms with van der Waals surface area (Å²) in [5.41, 5.74) is 0. The van der Waals surface area contributed by atoms with Crippen molar-refractivity contribution in [1.29, 1.82) is 0 Å². The zero-order valence-corrected chi connectivity index (χ0v) is 10.5. The molecule has 3 atom stereocenters. The molecule has 94 valence electrons. The Morgan fingerprint density at radius 2 is 2.24 bits per heavy atom. The first kappa shape index (κ1) is 11.3. The molecule has 0 radical (unpaired) electrons. The monoisotopic (exact) mass is 254 g/mol. The SMILES string of the molecule is OCCc1sc(N[C@H]2C[C@@H]3CC[C@H]2C3)nc1O. The molecule has 2 fully saturated rings. The highest BCUT2D eigenvalue weighted by Gasteiger charge is 2.39. The van der Waals surface area contributed by atoms with Crippen LogP contribution in [0.3, 0.4) is 0 Å². The number of aliphatic hydroxyl groups is 1. The van der Waals surface area contributed by atoms with Gasteiger partial charge < -0.3 is 15.5 Å². The molecule has 0 aliphatic heterocycles. The summed E-state index contributed by atoms with van der Waals surface area (Å²) in [6.45, 7) is 0.0589. The Morgan fingerprint density at radius 3 is 2.88 bits per heavy atom. The highest BCUT2D eigenvalue weighted by Crippen LogP contribution is 2.46. The standard InChI is InChI=1S/C12H18N2O2S/c15-4-3-10-11(16)14-12(17-10)13-9-6-7-1-2-8(9)5-7/h7-9,15-16H,1-6H2,(H,13,14)/t7-,8+,9+/m1/s1. The second-order valence-electron chi connectivity index (χ2n) is 5.17. The summed E-state index contributed by atoms with van der Waals surface area (Å²) in [4.78, 5) is 4.90. The topological polar surface area (TPSA) is 65.4 Å². The molecule has 2 saturated carbocycles. The van der Waals surface area contributed by atoms with Crippen LogP contribution in [-0.2, 0) is 6.42 Å². The minimum absolute atomic E-state index is 0.0589. The number of thiazole rings is 1. The van der Waals surface area contributed by atoms with Gasteiger partial charge in [0.15, 0.2) is 5.13 Å². The van der Waals surface area contributed by atoms with E-state index in [4.69, 9.17) is 5.11 Å². The van der Waals surface area contributed by atoms with Crippen LogP contribution >= 0.6 is 11.3 Å². The summed E-state index contributed by atoms with van der Waals surface area (Å²) in [6.07, 6.45) is 5.83. The largest absolute Gasteiger partial charge is 0.492 e. The Kier molecular flexibility index (Phi) is 2.96.